The SMILES string of the molecule is CC(C)(CO)NCC(O)c1cccc(F)c1. The molecular weight excluding hydrogens is 209 g/mol. The van der Waals surface area contributed by atoms with Crippen LogP contribution in [-0.4, -0.2) is 28.9 Å². The van der Waals surface area contributed by atoms with Gasteiger partial charge in [-0.3, -0.25) is 0 Å². The highest BCUT2D eigenvalue weighted by atomic mass is 19.1. The quantitative estimate of drug-likeness (QED) is 0.709. The van der Waals surface area contributed by atoms with E-state index in [1.807, 2.05) is 13.8 Å². The van der Waals surface area contributed by atoms with Crippen molar-refractivity contribution in [1.82, 2.24) is 5.32 Å². The van der Waals surface area contributed by atoms with Crippen LogP contribution in [0.15, 0.2) is 24.3 Å². The molecule has 0 aliphatic rings. The van der Waals surface area contributed by atoms with Gasteiger partial charge in [-0.15, -0.1) is 0 Å². The van der Waals surface area contributed by atoms with Gasteiger partial charge in [0.05, 0.1) is 12.7 Å². The van der Waals surface area contributed by atoms with Crippen molar-refractivity contribution in [3.63, 3.8) is 0 Å². The molecule has 1 atom stereocenters. The van der Waals surface area contributed by atoms with E-state index in [9.17, 15) is 9.50 Å². The van der Waals surface area contributed by atoms with Gasteiger partial charge in [-0.1, -0.05) is 12.1 Å². The van der Waals surface area contributed by atoms with Crippen molar-refractivity contribution in [2.45, 2.75) is 25.5 Å². The van der Waals surface area contributed by atoms with E-state index < -0.39 is 11.6 Å². The molecular formula is C12H18FNO2. The second-order valence-electron chi connectivity index (χ2n) is 4.49. The Morgan fingerprint density at radius 3 is 2.69 bits per heavy atom. The highest BCUT2D eigenvalue weighted by molar-refractivity contribution is 5.19. The lowest BCUT2D eigenvalue weighted by Gasteiger charge is -2.25. The molecule has 0 aliphatic carbocycles. The van der Waals surface area contributed by atoms with Gasteiger partial charge < -0.3 is 15.5 Å². The largest absolute Gasteiger partial charge is 0.394 e. The van der Waals surface area contributed by atoms with Crippen LogP contribution < -0.4 is 5.32 Å². The van der Waals surface area contributed by atoms with Crippen LogP contribution in [0, 0.1) is 5.82 Å². The van der Waals surface area contributed by atoms with Crippen molar-refractivity contribution in [1.29, 1.82) is 0 Å². The second kappa shape index (κ2) is 5.39. The van der Waals surface area contributed by atoms with Crippen LogP contribution in [-0.2, 0) is 0 Å². The molecule has 0 amide bonds. The molecule has 4 heteroatoms. The van der Waals surface area contributed by atoms with Crippen molar-refractivity contribution in [2.24, 2.45) is 0 Å². The molecule has 90 valence electrons. The lowest BCUT2D eigenvalue weighted by Crippen LogP contribution is -2.44. The first-order valence-corrected chi connectivity index (χ1v) is 5.24. The summed E-state index contributed by atoms with van der Waals surface area (Å²) < 4.78 is 12.9. The third kappa shape index (κ3) is 3.89. The van der Waals surface area contributed by atoms with Crippen molar-refractivity contribution in [3.05, 3.63) is 35.6 Å². The van der Waals surface area contributed by atoms with Gasteiger partial charge in [0.25, 0.3) is 0 Å². The van der Waals surface area contributed by atoms with E-state index in [4.69, 9.17) is 5.11 Å². The molecule has 0 aliphatic heterocycles. The summed E-state index contributed by atoms with van der Waals surface area (Å²) in [5.74, 6) is -0.363. The Hall–Kier alpha value is -0.970. The molecule has 0 saturated carbocycles. The second-order valence-corrected chi connectivity index (χ2v) is 4.49. The molecule has 0 fully saturated rings. The van der Waals surface area contributed by atoms with Crippen LogP contribution >= 0.6 is 0 Å². The maximum absolute atomic E-state index is 12.9. The summed E-state index contributed by atoms with van der Waals surface area (Å²) in [5, 5.41) is 21.8. The maximum atomic E-state index is 12.9. The normalized spacial score (nSPS) is 13.8. The minimum Gasteiger partial charge on any atom is -0.394 e. The zero-order valence-electron chi connectivity index (χ0n) is 9.57. The summed E-state index contributed by atoms with van der Waals surface area (Å²) in [5.41, 5.74) is 0.0788. The molecule has 0 aromatic heterocycles. The van der Waals surface area contributed by atoms with Crippen LogP contribution in [0.4, 0.5) is 4.39 Å². The van der Waals surface area contributed by atoms with Gasteiger partial charge in [0.1, 0.15) is 5.82 Å². The van der Waals surface area contributed by atoms with Crippen LogP contribution in [0.5, 0.6) is 0 Å². The standard InChI is InChI=1S/C12H18FNO2/c1-12(2,8-15)14-7-11(16)9-4-3-5-10(13)6-9/h3-6,11,14-16H,7-8H2,1-2H3. The third-order valence-corrected chi connectivity index (χ3v) is 2.40. The number of benzene rings is 1. The highest BCUT2D eigenvalue weighted by Gasteiger charge is 2.17. The van der Waals surface area contributed by atoms with Crippen molar-refractivity contribution < 1.29 is 14.6 Å². The average molecular weight is 227 g/mol. The third-order valence-electron chi connectivity index (χ3n) is 2.40. The van der Waals surface area contributed by atoms with E-state index in [1.165, 1.54) is 12.1 Å². The Labute approximate surface area is 94.9 Å². The molecule has 1 unspecified atom stereocenters. The predicted octanol–water partition coefficient (Wildman–Crippen LogP) is 1.22. The number of aliphatic hydroxyl groups is 2. The molecule has 16 heavy (non-hydrogen) atoms. The van der Waals surface area contributed by atoms with E-state index in [0.29, 0.717) is 5.56 Å². The van der Waals surface area contributed by atoms with Crippen LogP contribution in [0.3, 0.4) is 0 Å². The summed E-state index contributed by atoms with van der Waals surface area (Å²) in [4.78, 5) is 0. The first kappa shape index (κ1) is 13.1. The lowest BCUT2D eigenvalue weighted by molar-refractivity contribution is 0.136. The average Bonchev–Trinajstić information content (AvgIpc) is 2.26. The zero-order valence-corrected chi connectivity index (χ0v) is 9.57. The summed E-state index contributed by atoms with van der Waals surface area (Å²) in [6.07, 6.45) is -0.776. The van der Waals surface area contributed by atoms with E-state index in [-0.39, 0.29) is 19.0 Å². The first-order valence-electron chi connectivity index (χ1n) is 5.24. The predicted molar refractivity (Wildman–Crippen MR) is 60.5 cm³/mol. The Bertz CT molecular complexity index is 342. The summed E-state index contributed by atoms with van der Waals surface area (Å²) in [6, 6.07) is 5.87. The number of aliphatic hydroxyl groups excluding tert-OH is 2. The van der Waals surface area contributed by atoms with Gasteiger partial charge in [-0.25, -0.2) is 4.39 Å². The number of hydrogen-bond acceptors (Lipinski definition) is 3. The molecule has 0 spiro atoms. The molecule has 0 saturated heterocycles. The number of halogens is 1. The molecule has 1 aromatic rings. The molecule has 1 rings (SSSR count). The molecule has 3 nitrogen and oxygen atoms in total. The first-order chi connectivity index (χ1) is 7.44. The van der Waals surface area contributed by atoms with Gasteiger partial charge in [0, 0.05) is 12.1 Å². The molecule has 0 bridgehead atoms. The number of β-amino-alcohol motifs (C(OH)–C–C–N with tert-alkyl or cyclic N) is 1. The molecule has 0 radical (unpaired) electrons. The van der Waals surface area contributed by atoms with Crippen molar-refractivity contribution in [3.8, 4) is 0 Å². The van der Waals surface area contributed by atoms with Crippen LogP contribution in [0.2, 0.25) is 0 Å². The van der Waals surface area contributed by atoms with E-state index in [1.54, 1.807) is 12.1 Å². The number of nitrogens with one attached hydrogen (secondary N) is 1. The molecule has 3 N–H and O–H groups in total. The van der Waals surface area contributed by atoms with E-state index in [2.05, 4.69) is 5.32 Å². The van der Waals surface area contributed by atoms with Gasteiger partial charge in [0.15, 0.2) is 0 Å². The Balaban J connectivity index is 2.56. The molecule has 1 aromatic carbocycles. The van der Waals surface area contributed by atoms with Crippen molar-refractivity contribution >= 4 is 0 Å². The van der Waals surface area contributed by atoms with Crippen molar-refractivity contribution in [2.75, 3.05) is 13.2 Å². The fourth-order valence-electron chi connectivity index (χ4n) is 1.26. The van der Waals surface area contributed by atoms with Crippen LogP contribution in [0.25, 0.3) is 0 Å². The van der Waals surface area contributed by atoms with E-state index in [0.717, 1.165) is 0 Å². The maximum Gasteiger partial charge on any atom is 0.123 e. The Kier molecular flexibility index (Phi) is 4.41. The number of hydrogen-bond donors (Lipinski definition) is 3. The number of rotatable bonds is 5. The van der Waals surface area contributed by atoms with Gasteiger partial charge in [-0.05, 0) is 31.5 Å². The summed E-state index contributed by atoms with van der Waals surface area (Å²) >= 11 is 0. The topological polar surface area (TPSA) is 52.5 Å². The highest BCUT2D eigenvalue weighted by Crippen LogP contribution is 2.14. The van der Waals surface area contributed by atoms with Crippen LogP contribution in [0.1, 0.15) is 25.5 Å². The fraction of sp³-hybridized carbons (Fsp3) is 0.500. The summed E-state index contributed by atoms with van der Waals surface area (Å²) in [6.45, 7) is 3.90. The van der Waals surface area contributed by atoms with Gasteiger partial charge in [-0.2, -0.15) is 0 Å². The fourth-order valence-corrected chi connectivity index (χ4v) is 1.26. The Morgan fingerprint density at radius 1 is 1.44 bits per heavy atom. The van der Waals surface area contributed by atoms with Gasteiger partial charge in [0.2, 0.25) is 0 Å². The molecule has 0 heterocycles. The minimum atomic E-state index is -0.776. The summed E-state index contributed by atoms with van der Waals surface area (Å²) in [7, 11) is 0. The smallest absolute Gasteiger partial charge is 0.123 e. The monoisotopic (exact) mass is 227 g/mol. The van der Waals surface area contributed by atoms with E-state index >= 15 is 0 Å². The zero-order chi connectivity index (χ0) is 12.2. The Morgan fingerprint density at radius 2 is 2.12 bits per heavy atom. The minimum absolute atomic E-state index is 0.0249. The van der Waals surface area contributed by atoms with Gasteiger partial charge >= 0.3 is 0 Å². The lowest BCUT2D eigenvalue weighted by atomic mass is 10.1.